The number of hydrogen-bond donors (Lipinski definition) is 1. The van der Waals surface area contributed by atoms with Crippen LogP contribution in [0.1, 0.15) is 18.9 Å². The lowest BCUT2D eigenvalue weighted by Gasteiger charge is -2.31. The number of likely N-dealkylation sites (N-methyl/N-ethyl adjacent to an activating group) is 1. The molecule has 5 nitrogen and oxygen atoms in total. The molecule has 1 amide bonds. The van der Waals surface area contributed by atoms with Crippen LogP contribution in [0.2, 0.25) is 0 Å². The van der Waals surface area contributed by atoms with Gasteiger partial charge in [0.05, 0.1) is 13.2 Å². The van der Waals surface area contributed by atoms with E-state index in [9.17, 15) is 4.79 Å². The normalized spacial score (nSPS) is 18.0. The highest BCUT2D eigenvalue weighted by Crippen LogP contribution is 2.26. The van der Waals surface area contributed by atoms with Gasteiger partial charge in [0.2, 0.25) is 5.91 Å². The first-order valence-electron chi connectivity index (χ1n) is 7.95. The van der Waals surface area contributed by atoms with Crippen LogP contribution < -0.4 is 10.2 Å². The number of para-hydroxylation sites is 1. The monoisotopic (exact) mass is 305 g/mol. The summed E-state index contributed by atoms with van der Waals surface area (Å²) in [7, 11) is 3.77. The van der Waals surface area contributed by atoms with Crippen LogP contribution in [0.25, 0.3) is 0 Å². The Morgan fingerprint density at radius 2 is 2.18 bits per heavy atom. The number of hydrogen-bond acceptors (Lipinski definition) is 4. The first-order chi connectivity index (χ1) is 10.7. The Hall–Kier alpha value is -1.59. The summed E-state index contributed by atoms with van der Waals surface area (Å²) in [6.07, 6.45) is 0.960. The number of benzene rings is 1. The van der Waals surface area contributed by atoms with Crippen molar-refractivity contribution in [3.63, 3.8) is 0 Å². The van der Waals surface area contributed by atoms with Crippen molar-refractivity contribution >= 4 is 11.6 Å². The smallest absolute Gasteiger partial charge is 0.237 e. The molecule has 122 valence electrons. The Morgan fingerprint density at radius 3 is 2.91 bits per heavy atom. The van der Waals surface area contributed by atoms with E-state index in [1.54, 1.807) is 7.11 Å². The first-order valence-corrected chi connectivity index (χ1v) is 7.95. The number of carbonyl (C=O) groups is 1. The van der Waals surface area contributed by atoms with E-state index in [0.29, 0.717) is 26.2 Å². The van der Waals surface area contributed by atoms with Crippen LogP contribution >= 0.6 is 0 Å². The second kappa shape index (κ2) is 8.15. The van der Waals surface area contributed by atoms with Crippen LogP contribution in [-0.2, 0) is 16.1 Å². The van der Waals surface area contributed by atoms with E-state index in [-0.39, 0.29) is 11.9 Å². The van der Waals surface area contributed by atoms with Gasteiger partial charge < -0.3 is 19.9 Å². The summed E-state index contributed by atoms with van der Waals surface area (Å²) in [6.45, 7) is 5.39. The van der Waals surface area contributed by atoms with Crippen molar-refractivity contribution in [2.24, 2.45) is 0 Å². The molecule has 1 atom stereocenters. The Bertz CT molecular complexity index is 493. The van der Waals surface area contributed by atoms with Gasteiger partial charge in [-0.05, 0) is 18.1 Å². The van der Waals surface area contributed by atoms with Crippen molar-refractivity contribution in [3.05, 3.63) is 29.8 Å². The van der Waals surface area contributed by atoms with Crippen molar-refractivity contribution in [1.82, 2.24) is 10.2 Å². The van der Waals surface area contributed by atoms with Gasteiger partial charge in [-0.25, -0.2) is 0 Å². The summed E-state index contributed by atoms with van der Waals surface area (Å²) in [5.41, 5.74) is 2.44. The molecule has 0 spiro atoms. The van der Waals surface area contributed by atoms with Crippen molar-refractivity contribution in [3.8, 4) is 0 Å². The second-order valence-corrected chi connectivity index (χ2v) is 5.76. The number of ether oxygens (including phenoxy) is 1. The van der Waals surface area contributed by atoms with Gasteiger partial charge in [0.1, 0.15) is 0 Å². The largest absolute Gasteiger partial charge is 0.383 e. The summed E-state index contributed by atoms with van der Waals surface area (Å²) in [4.78, 5) is 16.9. The molecule has 1 aromatic carbocycles. The van der Waals surface area contributed by atoms with Crippen molar-refractivity contribution < 1.29 is 9.53 Å². The van der Waals surface area contributed by atoms with Gasteiger partial charge in [-0.3, -0.25) is 4.79 Å². The molecule has 0 aliphatic carbocycles. The maximum atomic E-state index is 12.6. The molecule has 2 rings (SSSR count). The van der Waals surface area contributed by atoms with Gasteiger partial charge >= 0.3 is 0 Å². The van der Waals surface area contributed by atoms with Gasteiger partial charge in [-0.15, -0.1) is 0 Å². The van der Waals surface area contributed by atoms with Gasteiger partial charge in [0.25, 0.3) is 0 Å². The predicted octanol–water partition coefficient (Wildman–Crippen LogP) is 1.48. The van der Waals surface area contributed by atoms with E-state index < -0.39 is 0 Å². The molecule has 0 saturated heterocycles. The number of methoxy groups -OCH3 is 1. The van der Waals surface area contributed by atoms with Gasteiger partial charge in [0.15, 0.2) is 0 Å². The number of carbonyl (C=O) groups excluding carboxylic acids is 1. The number of fused-ring (bicyclic) bond motifs is 1. The van der Waals surface area contributed by atoms with E-state index in [0.717, 1.165) is 13.0 Å². The summed E-state index contributed by atoms with van der Waals surface area (Å²) in [6, 6.07) is 8.59. The summed E-state index contributed by atoms with van der Waals surface area (Å²) < 4.78 is 5.00. The molecular weight excluding hydrogens is 278 g/mol. The number of nitrogens with one attached hydrogen (secondary N) is 1. The van der Waals surface area contributed by atoms with Crippen LogP contribution in [0, 0.1) is 0 Å². The molecule has 1 unspecified atom stereocenters. The van der Waals surface area contributed by atoms with Crippen LogP contribution in [0.3, 0.4) is 0 Å². The zero-order valence-corrected chi connectivity index (χ0v) is 13.8. The number of nitrogens with zero attached hydrogens (tertiary/aromatic N) is 2. The Balaban J connectivity index is 2.09. The standard InChI is InChI=1S/C17H27N3O2/c1-4-15-13-19(2)16-8-6-5-7-14(16)12-20(15)17(21)11-18-9-10-22-3/h5-8,15,18H,4,9-13H2,1-3H3. The van der Waals surface area contributed by atoms with E-state index in [4.69, 9.17) is 4.74 Å². The minimum absolute atomic E-state index is 0.160. The van der Waals surface area contributed by atoms with Crippen molar-refractivity contribution in [2.45, 2.75) is 25.9 Å². The predicted molar refractivity (Wildman–Crippen MR) is 89.1 cm³/mol. The minimum atomic E-state index is 0.160. The fourth-order valence-corrected chi connectivity index (χ4v) is 2.95. The third-order valence-corrected chi connectivity index (χ3v) is 4.22. The Morgan fingerprint density at radius 1 is 1.41 bits per heavy atom. The molecule has 0 saturated carbocycles. The lowest BCUT2D eigenvalue weighted by molar-refractivity contribution is -0.133. The maximum Gasteiger partial charge on any atom is 0.237 e. The molecule has 0 bridgehead atoms. The van der Waals surface area contributed by atoms with Crippen molar-refractivity contribution in [2.75, 3.05) is 45.3 Å². The van der Waals surface area contributed by atoms with E-state index >= 15 is 0 Å². The molecule has 0 radical (unpaired) electrons. The fraction of sp³-hybridized carbons (Fsp3) is 0.588. The quantitative estimate of drug-likeness (QED) is 0.809. The molecule has 22 heavy (non-hydrogen) atoms. The van der Waals surface area contributed by atoms with Gasteiger partial charge in [-0.2, -0.15) is 0 Å². The van der Waals surface area contributed by atoms with Crippen molar-refractivity contribution in [1.29, 1.82) is 0 Å². The SMILES string of the molecule is CCC1CN(C)c2ccccc2CN1C(=O)CNCCOC. The molecular formula is C17H27N3O2. The molecule has 1 N–H and O–H groups in total. The van der Waals surface area contributed by atoms with Crippen LogP contribution in [-0.4, -0.2) is 57.2 Å². The Labute approximate surface area is 133 Å². The summed E-state index contributed by atoms with van der Waals surface area (Å²) >= 11 is 0. The lowest BCUT2D eigenvalue weighted by Crippen LogP contribution is -2.47. The average molecular weight is 305 g/mol. The molecule has 1 aliphatic rings. The maximum absolute atomic E-state index is 12.6. The van der Waals surface area contributed by atoms with E-state index in [2.05, 4.69) is 42.4 Å². The lowest BCUT2D eigenvalue weighted by atomic mass is 10.1. The Kier molecular flexibility index (Phi) is 6.21. The number of anilines is 1. The number of rotatable bonds is 6. The molecule has 1 aromatic rings. The number of amides is 1. The topological polar surface area (TPSA) is 44.8 Å². The zero-order chi connectivity index (χ0) is 15.9. The fourth-order valence-electron chi connectivity index (χ4n) is 2.95. The van der Waals surface area contributed by atoms with E-state index in [1.807, 2.05) is 11.0 Å². The summed E-state index contributed by atoms with van der Waals surface area (Å²) in [5.74, 6) is 0.160. The zero-order valence-electron chi connectivity index (χ0n) is 13.8. The first kappa shape index (κ1) is 16.8. The summed E-state index contributed by atoms with van der Waals surface area (Å²) in [5, 5.41) is 3.15. The third-order valence-electron chi connectivity index (χ3n) is 4.22. The highest BCUT2D eigenvalue weighted by Gasteiger charge is 2.28. The van der Waals surface area contributed by atoms with Crippen LogP contribution in [0.5, 0.6) is 0 Å². The molecule has 0 fully saturated rings. The average Bonchev–Trinajstić information content (AvgIpc) is 2.68. The third kappa shape index (κ3) is 3.99. The molecule has 1 aliphatic heterocycles. The van der Waals surface area contributed by atoms with Gasteiger partial charge in [0, 0.05) is 45.5 Å². The highest BCUT2D eigenvalue weighted by atomic mass is 16.5. The molecule has 1 heterocycles. The second-order valence-electron chi connectivity index (χ2n) is 5.76. The minimum Gasteiger partial charge on any atom is -0.383 e. The molecule has 5 heteroatoms. The molecule has 0 aromatic heterocycles. The van der Waals surface area contributed by atoms with Gasteiger partial charge in [-0.1, -0.05) is 25.1 Å². The van der Waals surface area contributed by atoms with Crippen LogP contribution in [0.4, 0.5) is 5.69 Å². The van der Waals surface area contributed by atoms with E-state index in [1.165, 1.54) is 11.3 Å². The highest BCUT2D eigenvalue weighted by molar-refractivity contribution is 5.79. The van der Waals surface area contributed by atoms with Crippen LogP contribution in [0.15, 0.2) is 24.3 Å².